The van der Waals surface area contributed by atoms with Crippen molar-refractivity contribution in [1.29, 1.82) is 0 Å². The third-order valence-electron chi connectivity index (χ3n) is 1.90. The van der Waals surface area contributed by atoms with Crippen LogP contribution in [-0.2, 0) is 4.79 Å². The van der Waals surface area contributed by atoms with E-state index in [0.717, 1.165) is 24.8 Å². The number of ketones is 1. The fraction of sp³-hybridized carbons (Fsp3) is 0.667. The molecule has 0 saturated carbocycles. The van der Waals surface area contributed by atoms with Crippen LogP contribution in [0.15, 0.2) is 11.6 Å². The highest BCUT2D eigenvalue weighted by atomic mass is 16.3. The first-order valence-electron chi connectivity index (χ1n) is 4.05. The molecule has 1 atom stereocenters. The van der Waals surface area contributed by atoms with Gasteiger partial charge in [-0.1, -0.05) is 11.6 Å². The lowest BCUT2D eigenvalue weighted by atomic mass is 9.94. The number of carbonyl (C=O) groups is 1. The Kier molecular flexibility index (Phi) is 2.83. The van der Waals surface area contributed by atoms with Gasteiger partial charge in [-0.15, -0.1) is 0 Å². The topological polar surface area (TPSA) is 37.3 Å². The van der Waals surface area contributed by atoms with Gasteiger partial charge in [0.05, 0.1) is 6.10 Å². The molecule has 0 fully saturated rings. The minimum absolute atomic E-state index is 0.186. The van der Waals surface area contributed by atoms with Crippen molar-refractivity contribution in [2.75, 3.05) is 0 Å². The smallest absolute Gasteiger partial charge is 0.133 e. The van der Waals surface area contributed by atoms with E-state index in [9.17, 15) is 9.90 Å². The minimum atomic E-state index is -0.307. The maximum Gasteiger partial charge on any atom is 0.133 e. The summed E-state index contributed by atoms with van der Waals surface area (Å²) in [7, 11) is 0. The molecule has 0 saturated heterocycles. The molecular weight excluding hydrogens is 140 g/mol. The Bertz CT molecular complexity index is 182. The highest BCUT2D eigenvalue weighted by molar-refractivity contribution is 5.78. The molecule has 1 aliphatic rings. The molecule has 0 radical (unpaired) electrons. The van der Waals surface area contributed by atoms with E-state index < -0.39 is 0 Å². The lowest BCUT2D eigenvalue weighted by molar-refractivity contribution is -0.116. The van der Waals surface area contributed by atoms with Crippen LogP contribution >= 0.6 is 0 Å². The Labute approximate surface area is 66.9 Å². The number of aliphatic hydroxyl groups excluding tert-OH is 1. The lowest BCUT2D eigenvalue weighted by Crippen LogP contribution is -2.10. The van der Waals surface area contributed by atoms with E-state index in [4.69, 9.17) is 0 Å². The first kappa shape index (κ1) is 8.47. The largest absolute Gasteiger partial charge is 0.389 e. The average molecular weight is 154 g/mol. The van der Waals surface area contributed by atoms with Crippen molar-refractivity contribution in [3.05, 3.63) is 11.6 Å². The molecule has 0 aromatic carbocycles. The number of aliphatic hydroxyl groups is 1. The number of carbonyl (C=O) groups excluding carboxylic acids is 1. The number of allylic oxidation sites excluding steroid dienone is 1. The molecule has 0 aromatic heterocycles. The van der Waals surface area contributed by atoms with Gasteiger partial charge in [0.15, 0.2) is 0 Å². The van der Waals surface area contributed by atoms with Gasteiger partial charge in [-0.2, -0.15) is 0 Å². The van der Waals surface area contributed by atoms with Gasteiger partial charge in [-0.3, -0.25) is 4.79 Å². The normalized spacial score (nSPS) is 24.5. The molecule has 0 aromatic rings. The fourth-order valence-electron chi connectivity index (χ4n) is 1.44. The third kappa shape index (κ3) is 2.85. The Morgan fingerprint density at radius 2 is 2.55 bits per heavy atom. The molecule has 0 aliphatic heterocycles. The van der Waals surface area contributed by atoms with Gasteiger partial charge in [-0.25, -0.2) is 0 Å². The summed E-state index contributed by atoms with van der Waals surface area (Å²) in [6.07, 6.45) is 4.89. The van der Waals surface area contributed by atoms with Gasteiger partial charge >= 0.3 is 0 Å². The maximum atomic E-state index is 10.7. The molecule has 0 amide bonds. The summed E-state index contributed by atoms with van der Waals surface area (Å²) in [6, 6.07) is 0. The molecule has 1 aliphatic carbocycles. The van der Waals surface area contributed by atoms with Crippen LogP contribution in [0.25, 0.3) is 0 Å². The summed E-state index contributed by atoms with van der Waals surface area (Å²) in [5.74, 6) is 0.186. The highest BCUT2D eigenvalue weighted by Crippen LogP contribution is 2.20. The van der Waals surface area contributed by atoms with Crippen LogP contribution in [0.5, 0.6) is 0 Å². The van der Waals surface area contributed by atoms with Crippen molar-refractivity contribution in [3.8, 4) is 0 Å². The molecule has 1 unspecified atom stereocenters. The van der Waals surface area contributed by atoms with Crippen molar-refractivity contribution in [2.24, 2.45) is 0 Å². The van der Waals surface area contributed by atoms with Crippen LogP contribution in [0.1, 0.15) is 32.6 Å². The summed E-state index contributed by atoms with van der Waals surface area (Å²) in [5.41, 5.74) is 1.11. The van der Waals surface area contributed by atoms with Gasteiger partial charge in [-0.05, 0) is 26.2 Å². The summed E-state index contributed by atoms with van der Waals surface area (Å²) in [5, 5.41) is 9.20. The monoisotopic (exact) mass is 154 g/mol. The number of rotatable bonds is 2. The van der Waals surface area contributed by atoms with E-state index in [1.54, 1.807) is 6.92 Å². The quantitative estimate of drug-likeness (QED) is 0.611. The standard InChI is InChI=1S/C9H14O2/c1-7(10)5-8-3-2-4-9(11)6-8/h6,9,11H,2-5H2,1H3. The Morgan fingerprint density at radius 1 is 1.82 bits per heavy atom. The predicted octanol–water partition coefficient (Wildman–Crippen LogP) is 1.44. The molecule has 11 heavy (non-hydrogen) atoms. The molecule has 0 spiro atoms. The maximum absolute atomic E-state index is 10.7. The number of hydrogen-bond donors (Lipinski definition) is 1. The van der Waals surface area contributed by atoms with Gasteiger partial charge < -0.3 is 5.11 Å². The fourth-order valence-corrected chi connectivity index (χ4v) is 1.44. The number of hydrogen-bond acceptors (Lipinski definition) is 2. The molecule has 0 bridgehead atoms. The van der Waals surface area contributed by atoms with Crippen LogP contribution in [0.2, 0.25) is 0 Å². The molecular formula is C9H14O2. The second-order valence-electron chi connectivity index (χ2n) is 3.16. The Balaban J connectivity index is 2.49. The molecule has 2 nitrogen and oxygen atoms in total. The predicted molar refractivity (Wildman–Crippen MR) is 43.2 cm³/mol. The molecule has 1 rings (SSSR count). The first-order valence-corrected chi connectivity index (χ1v) is 4.05. The van der Waals surface area contributed by atoms with Crippen molar-refractivity contribution >= 4 is 5.78 Å². The summed E-state index contributed by atoms with van der Waals surface area (Å²) < 4.78 is 0. The van der Waals surface area contributed by atoms with Crippen LogP contribution in [0.3, 0.4) is 0 Å². The van der Waals surface area contributed by atoms with Gasteiger partial charge in [0, 0.05) is 6.42 Å². The number of Topliss-reactive ketones (excluding diaryl/α,β-unsaturated/α-hetero) is 1. The van der Waals surface area contributed by atoms with Crippen molar-refractivity contribution < 1.29 is 9.90 Å². The SMILES string of the molecule is CC(=O)CC1=CC(O)CCC1. The van der Waals surface area contributed by atoms with Gasteiger partial charge in [0.1, 0.15) is 5.78 Å². The van der Waals surface area contributed by atoms with E-state index in [2.05, 4.69) is 0 Å². The summed E-state index contributed by atoms with van der Waals surface area (Å²) >= 11 is 0. The molecule has 2 heteroatoms. The van der Waals surface area contributed by atoms with Crippen molar-refractivity contribution in [1.82, 2.24) is 0 Å². The van der Waals surface area contributed by atoms with Crippen LogP contribution < -0.4 is 0 Å². The summed E-state index contributed by atoms with van der Waals surface area (Å²) in [6.45, 7) is 1.59. The molecule has 0 heterocycles. The Morgan fingerprint density at radius 3 is 3.09 bits per heavy atom. The Hall–Kier alpha value is -0.630. The zero-order valence-corrected chi connectivity index (χ0v) is 6.84. The lowest BCUT2D eigenvalue weighted by Gasteiger charge is -2.15. The van der Waals surface area contributed by atoms with E-state index >= 15 is 0 Å². The van der Waals surface area contributed by atoms with E-state index in [-0.39, 0.29) is 11.9 Å². The summed E-state index contributed by atoms with van der Waals surface area (Å²) in [4.78, 5) is 10.7. The highest BCUT2D eigenvalue weighted by Gasteiger charge is 2.11. The third-order valence-corrected chi connectivity index (χ3v) is 1.90. The van der Waals surface area contributed by atoms with Crippen molar-refractivity contribution in [2.45, 2.75) is 38.7 Å². The van der Waals surface area contributed by atoms with E-state index in [0.29, 0.717) is 6.42 Å². The molecule has 62 valence electrons. The zero-order chi connectivity index (χ0) is 8.27. The second kappa shape index (κ2) is 3.67. The van der Waals surface area contributed by atoms with Gasteiger partial charge in [0.2, 0.25) is 0 Å². The van der Waals surface area contributed by atoms with Gasteiger partial charge in [0.25, 0.3) is 0 Å². The van der Waals surface area contributed by atoms with E-state index in [1.165, 1.54) is 0 Å². The van der Waals surface area contributed by atoms with Crippen LogP contribution in [0, 0.1) is 0 Å². The average Bonchev–Trinajstić information content (AvgIpc) is 1.85. The second-order valence-corrected chi connectivity index (χ2v) is 3.16. The van der Waals surface area contributed by atoms with E-state index in [1.807, 2.05) is 6.08 Å². The first-order chi connectivity index (χ1) is 5.18. The van der Waals surface area contributed by atoms with Crippen LogP contribution in [0.4, 0.5) is 0 Å². The minimum Gasteiger partial charge on any atom is -0.389 e. The van der Waals surface area contributed by atoms with Crippen molar-refractivity contribution in [3.63, 3.8) is 0 Å². The van der Waals surface area contributed by atoms with Crippen LogP contribution in [-0.4, -0.2) is 17.0 Å². The molecule has 1 N–H and O–H groups in total. The zero-order valence-electron chi connectivity index (χ0n) is 6.84.